The van der Waals surface area contributed by atoms with Crippen molar-refractivity contribution >= 4 is 11.9 Å². The summed E-state index contributed by atoms with van der Waals surface area (Å²) in [5.74, 6) is -0.127. The van der Waals surface area contributed by atoms with Crippen LogP contribution in [0.3, 0.4) is 0 Å². The van der Waals surface area contributed by atoms with E-state index in [0.717, 1.165) is 77.3 Å². The van der Waals surface area contributed by atoms with Gasteiger partial charge in [0.15, 0.2) is 0 Å². The number of hydrogen-bond donors (Lipinski definition) is 1. The largest absolute Gasteiger partial charge is 0.466 e. The molecular formula is C44H87NO5. The van der Waals surface area contributed by atoms with E-state index in [2.05, 4.69) is 25.7 Å². The predicted octanol–water partition coefficient (Wildman–Crippen LogP) is 12.7. The van der Waals surface area contributed by atoms with Gasteiger partial charge in [0, 0.05) is 19.4 Å². The number of aliphatic hydroxyl groups is 1. The molecule has 1 N–H and O–H groups in total. The van der Waals surface area contributed by atoms with E-state index in [1.54, 1.807) is 0 Å². The third-order valence-corrected chi connectivity index (χ3v) is 10.2. The summed E-state index contributed by atoms with van der Waals surface area (Å²) in [5, 5.41) is 9.59. The maximum Gasteiger partial charge on any atom is 0.306 e. The molecule has 0 aliphatic rings. The second-order valence-corrected chi connectivity index (χ2v) is 15.2. The molecule has 298 valence electrons. The molecule has 0 aromatic heterocycles. The summed E-state index contributed by atoms with van der Waals surface area (Å²) in [5.41, 5.74) is 0. The van der Waals surface area contributed by atoms with E-state index in [0.29, 0.717) is 26.0 Å². The van der Waals surface area contributed by atoms with Gasteiger partial charge in [-0.25, -0.2) is 0 Å². The molecule has 0 bridgehead atoms. The Bertz CT molecular complexity index is 682. The van der Waals surface area contributed by atoms with E-state index in [-0.39, 0.29) is 24.6 Å². The third-order valence-electron chi connectivity index (χ3n) is 10.2. The first-order valence-electron chi connectivity index (χ1n) is 22.3. The van der Waals surface area contributed by atoms with Crippen molar-refractivity contribution in [3.63, 3.8) is 0 Å². The molecule has 0 aliphatic carbocycles. The van der Waals surface area contributed by atoms with E-state index in [4.69, 9.17) is 9.47 Å². The van der Waals surface area contributed by atoms with Gasteiger partial charge in [-0.15, -0.1) is 0 Å². The smallest absolute Gasteiger partial charge is 0.306 e. The quantitative estimate of drug-likeness (QED) is 0.0503. The Morgan fingerprint density at radius 2 is 0.860 bits per heavy atom. The van der Waals surface area contributed by atoms with E-state index >= 15 is 0 Å². The van der Waals surface area contributed by atoms with E-state index in [1.165, 1.54) is 135 Å². The SMILES string of the molecule is CCCCCCCCCCCOC(=O)CCCCCN(CCO)CCCC(=O)OC(CCCCCCCCCC)CCCCCCCCCC. The minimum absolute atomic E-state index is 0.0565. The van der Waals surface area contributed by atoms with Crippen LogP contribution in [0.15, 0.2) is 0 Å². The highest BCUT2D eigenvalue weighted by atomic mass is 16.5. The van der Waals surface area contributed by atoms with Crippen molar-refractivity contribution in [3.05, 3.63) is 0 Å². The van der Waals surface area contributed by atoms with Crippen molar-refractivity contribution in [2.45, 2.75) is 239 Å². The first kappa shape index (κ1) is 48.9. The zero-order valence-electron chi connectivity index (χ0n) is 34.0. The summed E-state index contributed by atoms with van der Waals surface area (Å²) in [6.45, 7) is 9.75. The van der Waals surface area contributed by atoms with Gasteiger partial charge in [0.2, 0.25) is 0 Å². The molecule has 0 amide bonds. The number of aliphatic hydroxyl groups excluding tert-OH is 1. The Hall–Kier alpha value is -1.14. The second-order valence-electron chi connectivity index (χ2n) is 15.2. The maximum absolute atomic E-state index is 12.9. The third kappa shape index (κ3) is 36.6. The van der Waals surface area contributed by atoms with Crippen LogP contribution in [0.25, 0.3) is 0 Å². The zero-order chi connectivity index (χ0) is 36.6. The molecule has 0 saturated carbocycles. The van der Waals surface area contributed by atoms with Crippen LogP contribution >= 0.6 is 0 Å². The normalized spacial score (nSPS) is 11.6. The van der Waals surface area contributed by atoms with Crippen molar-refractivity contribution in [3.8, 4) is 0 Å². The fourth-order valence-electron chi connectivity index (χ4n) is 6.90. The minimum atomic E-state index is -0.0709. The summed E-state index contributed by atoms with van der Waals surface area (Å²) in [4.78, 5) is 27.2. The van der Waals surface area contributed by atoms with Gasteiger partial charge in [0.25, 0.3) is 0 Å². The molecule has 0 saturated heterocycles. The molecule has 0 rings (SSSR count). The molecule has 0 unspecified atom stereocenters. The fourth-order valence-corrected chi connectivity index (χ4v) is 6.90. The van der Waals surface area contributed by atoms with Gasteiger partial charge in [-0.05, 0) is 64.5 Å². The molecule has 0 atom stereocenters. The summed E-state index contributed by atoms with van der Waals surface area (Å²) < 4.78 is 11.5. The van der Waals surface area contributed by atoms with E-state index in [9.17, 15) is 14.7 Å². The van der Waals surface area contributed by atoms with E-state index in [1.807, 2.05) is 0 Å². The molecule has 0 spiro atoms. The monoisotopic (exact) mass is 710 g/mol. The summed E-state index contributed by atoms with van der Waals surface area (Å²) in [6, 6.07) is 0. The van der Waals surface area contributed by atoms with Crippen LogP contribution in [-0.4, -0.2) is 60.9 Å². The highest BCUT2D eigenvalue weighted by Crippen LogP contribution is 2.19. The highest BCUT2D eigenvalue weighted by Gasteiger charge is 2.15. The number of unbranched alkanes of at least 4 members (excludes halogenated alkanes) is 24. The first-order valence-corrected chi connectivity index (χ1v) is 22.3. The Labute approximate surface area is 312 Å². The number of carbonyl (C=O) groups is 2. The highest BCUT2D eigenvalue weighted by molar-refractivity contribution is 5.69. The molecule has 0 aromatic rings. The average Bonchev–Trinajstić information content (AvgIpc) is 3.11. The van der Waals surface area contributed by atoms with Gasteiger partial charge in [-0.3, -0.25) is 9.59 Å². The Balaban J connectivity index is 4.21. The van der Waals surface area contributed by atoms with Crippen LogP contribution in [-0.2, 0) is 19.1 Å². The van der Waals surface area contributed by atoms with E-state index < -0.39 is 0 Å². The number of esters is 2. The summed E-state index contributed by atoms with van der Waals surface area (Å²) in [7, 11) is 0. The number of hydrogen-bond acceptors (Lipinski definition) is 6. The molecule has 0 fully saturated rings. The van der Waals surface area contributed by atoms with Crippen LogP contribution < -0.4 is 0 Å². The molecule has 0 radical (unpaired) electrons. The Kier molecular flexibility index (Phi) is 39.7. The predicted molar refractivity (Wildman–Crippen MR) is 214 cm³/mol. The molecule has 0 aliphatic heterocycles. The lowest BCUT2D eigenvalue weighted by Crippen LogP contribution is -2.30. The maximum atomic E-state index is 12.9. The summed E-state index contributed by atoms with van der Waals surface area (Å²) in [6.07, 6.45) is 38.7. The summed E-state index contributed by atoms with van der Waals surface area (Å²) >= 11 is 0. The van der Waals surface area contributed by atoms with Crippen molar-refractivity contribution in [1.82, 2.24) is 4.90 Å². The van der Waals surface area contributed by atoms with Crippen molar-refractivity contribution in [1.29, 1.82) is 0 Å². The van der Waals surface area contributed by atoms with Gasteiger partial charge >= 0.3 is 11.9 Å². The zero-order valence-corrected chi connectivity index (χ0v) is 34.0. The van der Waals surface area contributed by atoms with Crippen LogP contribution in [0.5, 0.6) is 0 Å². The van der Waals surface area contributed by atoms with Crippen molar-refractivity contribution in [2.75, 3.05) is 32.8 Å². The van der Waals surface area contributed by atoms with Gasteiger partial charge < -0.3 is 19.5 Å². The Morgan fingerprint density at radius 1 is 0.460 bits per heavy atom. The van der Waals surface area contributed by atoms with Gasteiger partial charge in [0.1, 0.15) is 6.10 Å². The number of carbonyl (C=O) groups excluding carboxylic acids is 2. The molecule has 0 aromatic carbocycles. The number of nitrogens with zero attached hydrogens (tertiary/aromatic N) is 1. The molecule has 50 heavy (non-hydrogen) atoms. The van der Waals surface area contributed by atoms with Crippen LogP contribution in [0, 0.1) is 0 Å². The molecule has 6 heteroatoms. The molecular weight excluding hydrogens is 622 g/mol. The molecule has 0 heterocycles. The topological polar surface area (TPSA) is 76.1 Å². The van der Waals surface area contributed by atoms with Crippen LogP contribution in [0.1, 0.15) is 233 Å². The lowest BCUT2D eigenvalue weighted by molar-refractivity contribution is -0.150. The lowest BCUT2D eigenvalue weighted by Gasteiger charge is -2.22. The lowest BCUT2D eigenvalue weighted by atomic mass is 10.0. The van der Waals surface area contributed by atoms with Gasteiger partial charge in [0.05, 0.1) is 13.2 Å². The number of rotatable bonds is 41. The fraction of sp³-hybridized carbons (Fsp3) is 0.955. The first-order chi connectivity index (χ1) is 24.6. The number of ether oxygens (including phenoxy) is 2. The Morgan fingerprint density at radius 3 is 1.34 bits per heavy atom. The van der Waals surface area contributed by atoms with Crippen molar-refractivity contribution < 1.29 is 24.2 Å². The van der Waals surface area contributed by atoms with Gasteiger partial charge in [-0.1, -0.05) is 168 Å². The standard InChI is InChI=1S/C44H87NO5/c1-4-7-10-13-16-19-22-25-31-41-49-43(47)35-29-26-30-37-45(39-40-46)38-32-36-44(48)50-42(33-27-23-20-17-14-11-8-5-2)34-28-24-21-18-15-12-9-6-3/h42,46H,4-41H2,1-3H3. The average molecular weight is 710 g/mol. The van der Waals surface area contributed by atoms with Gasteiger partial charge in [-0.2, -0.15) is 0 Å². The van der Waals surface area contributed by atoms with Crippen LogP contribution in [0.2, 0.25) is 0 Å². The minimum Gasteiger partial charge on any atom is -0.466 e. The van der Waals surface area contributed by atoms with Crippen molar-refractivity contribution in [2.24, 2.45) is 0 Å². The molecule has 6 nitrogen and oxygen atoms in total. The van der Waals surface area contributed by atoms with Crippen LogP contribution in [0.4, 0.5) is 0 Å². The second kappa shape index (κ2) is 40.6.